The van der Waals surface area contributed by atoms with Crippen molar-refractivity contribution < 1.29 is 9.59 Å². The van der Waals surface area contributed by atoms with Crippen LogP contribution < -0.4 is 10.6 Å². The SMILES string of the molecule is C=CCn1c(SCC(=O)Nc2cccc3ccccc23)nnc1[C@@H](C)NC(=O)c1ccccc1Cl. The van der Waals surface area contributed by atoms with Gasteiger partial charge in [0.2, 0.25) is 5.91 Å². The van der Waals surface area contributed by atoms with Crippen LogP contribution in [0.3, 0.4) is 0 Å². The maximum Gasteiger partial charge on any atom is 0.253 e. The van der Waals surface area contributed by atoms with Gasteiger partial charge in [0.25, 0.3) is 5.91 Å². The molecule has 9 heteroatoms. The molecule has 0 aliphatic heterocycles. The number of amides is 2. The van der Waals surface area contributed by atoms with E-state index in [0.29, 0.717) is 28.1 Å². The molecule has 1 aromatic heterocycles. The van der Waals surface area contributed by atoms with E-state index in [2.05, 4.69) is 27.4 Å². The fourth-order valence-electron chi connectivity index (χ4n) is 3.66. The quantitative estimate of drug-likeness (QED) is 0.232. The molecule has 0 bridgehead atoms. The largest absolute Gasteiger partial charge is 0.342 e. The van der Waals surface area contributed by atoms with E-state index in [1.54, 1.807) is 30.3 Å². The minimum absolute atomic E-state index is 0.152. The number of carbonyl (C=O) groups excluding carboxylic acids is 2. The van der Waals surface area contributed by atoms with Gasteiger partial charge in [0.05, 0.1) is 22.4 Å². The van der Waals surface area contributed by atoms with Crippen molar-refractivity contribution in [3.63, 3.8) is 0 Å². The first kappa shape index (κ1) is 24.5. The topological polar surface area (TPSA) is 88.9 Å². The molecule has 178 valence electrons. The first-order valence-corrected chi connectivity index (χ1v) is 12.3. The number of halogens is 1. The fraction of sp³-hybridized carbons (Fsp3) is 0.154. The zero-order valence-corrected chi connectivity index (χ0v) is 20.6. The number of nitrogens with one attached hydrogen (secondary N) is 2. The average molecular weight is 506 g/mol. The van der Waals surface area contributed by atoms with Crippen LogP contribution >= 0.6 is 23.4 Å². The zero-order chi connectivity index (χ0) is 24.8. The first-order valence-electron chi connectivity index (χ1n) is 11.0. The number of nitrogens with zero attached hydrogens (tertiary/aromatic N) is 3. The van der Waals surface area contributed by atoms with E-state index in [0.717, 1.165) is 16.5 Å². The van der Waals surface area contributed by atoms with Crippen LogP contribution in [0.4, 0.5) is 5.69 Å². The lowest BCUT2D eigenvalue weighted by Crippen LogP contribution is -2.29. The number of hydrogen-bond donors (Lipinski definition) is 2. The molecule has 4 aromatic rings. The molecule has 0 aliphatic carbocycles. The van der Waals surface area contributed by atoms with Gasteiger partial charge in [-0.25, -0.2) is 0 Å². The minimum Gasteiger partial charge on any atom is -0.342 e. The smallest absolute Gasteiger partial charge is 0.253 e. The number of anilines is 1. The third-order valence-corrected chi connectivity index (χ3v) is 6.60. The molecular weight excluding hydrogens is 482 g/mol. The number of aromatic nitrogens is 3. The number of carbonyl (C=O) groups is 2. The molecule has 1 heterocycles. The minimum atomic E-state index is -0.440. The summed E-state index contributed by atoms with van der Waals surface area (Å²) in [6.45, 7) is 6.06. The van der Waals surface area contributed by atoms with Crippen LogP contribution in [0.5, 0.6) is 0 Å². The molecule has 7 nitrogen and oxygen atoms in total. The van der Waals surface area contributed by atoms with Crippen molar-refractivity contribution in [3.8, 4) is 0 Å². The van der Waals surface area contributed by atoms with Crippen LogP contribution in [0.2, 0.25) is 5.02 Å². The van der Waals surface area contributed by atoms with Gasteiger partial charge in [-0.2, -0.15) is 0 Å². The highest BCUT2D eigenvalue weighted by Crippen LogP contribution is 2.25. The van der Waals surface area contributed by atoms with E-state index in [-0.39, 0.29) is 17.6 Å². The van der Waals surface area contributed by atoms with Crippen molar-refractivity contribution in [1.29, 1.82) is 0 Å². The molecule has 4 rings (SSSR count). The second kappa shape index (κ2) is 11.2. The number of rotatable bonds is 9. The molecule has 0 saturated carbocycles. The number of benzene rings is 3. The molecule has 3 aromatic carbocycles. The Kier molecular flexibility index (Phi) is 7.84. The lowest BCUT2D eigenvalue weighted by Gasteiger charge is -2.15. The molecule has 0 saturated heterocycles. The summed E-state index contributed by atoms with van der Waals surface area (Å²) in [6, 6.07) is 20.1. The van der Waals surface area contributed by atoms with Crippen molar-refractivity contribution in [3.05, 3.63) is 95.8 Å². The summed E-state index contributed by atoms with van der Waals surface area (Å²) in [5, 5.41) is 17.4. The summed E-state index contributed by atoms with van der Waals surface area (Å²) in [4.78, 5) is 25.4. The van der Waals surface area contributed by atoms with Crippen molar-refractivity contribution in [2.24, 2.45) is 0 Å². The fourth-order valence-corrected chi connectivity index (χ4v) is 4.64. The number of allylic oxidation sites excluding steroid dienone is 1. The molecule has 0 unspecified atom stereocenters. The Morgan fingerprint density at radius 3 is 2.63 bits per heavy atom. The summed E-state index contributed by atoms with van der Waals surface area (Å²) in [5.74, 6) is 0.252. The van der Waals surface area contributed by atoms with E-state index in [1.165, 1.54) is 11.8 Å². The summed E-state index contributed by atoms with van der Waals surface area (Å²) >= 11 is 7.42. The molecule has 2 amide bonds. The van der Waals surface area contributed by atoms with E-state index in [9.17, 15) is 9.59 Å². The molecule has 0 aliphatic rings. The molecular formula is C26H24ClN5O2S. The van der Waals surface area contributed by atoms with Gasteiger partial charge in [-0.05, 0) is 30.5 Å². The number of hydrogen-bond acceptors (Lipinski definition) is 5. The van der Waals surface area contributed by atoms with Gasteiger partial charge in [-0.1, -0.05) is 78.0 Å². The van der Waals surface area contributed by atoms with E-state index in [4.69, 9.17) is 11.6 Å². The van der Waals surface area contributed by atoms with Crippen LogP contribution in [0, 0.1) is 0 Å². The number of thioether (sulfide) groups is 1. The first-order chi connectivity index (χ1) is 17.0. The molecule has 0 radical (unpaired) electrons. The van der Waals surface area contributed by atoms with Crippen LogP contribution in [0.15, 0.2) is 84.5 Å². The Balaban J connectivity index is 1.44. The van der Waals surface area contributed by atoms with E-state index >= 15 is 0 Å². The van der Waals surface area contributed by atoms with Crippen LogP contribution in [0.1, 0.15) is 29.1 Å². The highest BCUT2D eigenvalue weighted by Gasteiger charge is 2.21. The predicted octanol–water partition coefficient (Wildman–Crippen LogP) is 5.49. The van der Waals surface area contributed by atoms with Gasteiger partial charge >= 0.3 is 0 Å². The molecule has 1 atom stereocenters. The summed E-state index contributed by atoms with van der Waals surface area (Å²) in [7, 11) is 0. The Hall–Kier alpha value is -3.62. The third-order valence-electron chi connectivity index (χ3n) is 5.31. The zero-order valence-electron chi connectivity index (χ0n) is 19.1. The van der Waals surface area contributed by atoms with E-state index in [1.807, 2.05) is 54.0 Å². The van der Waals surface area contributed by atoms with Gasteiger partial charge in [-0.15, -0.1) is 16.8 Å². The van der Waals surface area contributed by atoms with Crippen molar-refractivity contribution >= 4 is 51.6 Å². The molecule has 0 spiro atoms. The average Bonchev–Trinajstić information content (AvgIpc) is 3.26. The van der Waals surface area contributed by atoms with Gasteiger partial charge in [0.15, 0.2) is 11.0 Å². The maximum absolute atomic E-state index is 12.7. The van der Waals surface area contributed by atoms with Crippen molar-refractivity contribution in [1.82, 2.24) is 20.1 Å². The summed E-state index contributed by atoms with van der Waals surface area (Å²) in [5.41, 5.74) is 1.15. The highest BCUT2D eigenvalue weighted by atomic mass is 35.5. The second-order valence-electron chi connectivity index (χ2n) is 7.78. The Labute approximate surface area is 212 Å². The van der Waals surface area contributed by atoms with Gasteiger partial charge in [-0.3, -0.25) is 9.59 Å². The maximum atomic E-state index is 12.7. The normalized spacial score (nSPS) is 11.7. The van der Waals surface area contributed by atoms with Crippen molar-refractivity contribution in [2.75, 3.05) is 11.1 Å². The van der Waals surface area contributed by atoms with Gasteiger partial charge in [0.1, 0.15) is 0 Å². The third kappa shape index (κ3) is 5.72. The monoisotopic (exact) mass is 505 g/mol. The van der Waals surface area contributed by atoms with Crippen LogP contribution in [0.25, 0.3) is 10.8 Å². The van der Waals surface area contributed by atoms with Gasteiger partial charge < -0.3 is 15.2 Å². The van der Waals surface area contributed by atoms with Crippen LogP contribution in [-0.2, 0) is 11.3 Å². The standard InChI is InChI=1S/C26H24ClN5O2S/c1-3-15-32-24(17(2)28-25(34)20-12-6-7-13-21(20)27)30-31-26(32)35-16-23(33)29-22-14-8-10-18-9-4-5-11-19(18)22/h3-14,17H,1,15-16H2,2H3,(H,28,34)(H,29,33)/t17-/m1/s1. The summed E-state index contributed by atoms with van der Waals surface area (Å²) in [6.07, 6.45) is 1.72. The lowest BCUT2D eigenvalue weighted by molar-refractivity contribution is -0.113. The van der Waals surface area contributed by atoms with Gasteiger partial charge in [0, 0.05) is 17.6 Å². The number of fused-ring (bicyclic) bond motifs is 1. The second-order valence-corrected chi connectivity index (χ2v) is 9.13. The molecule has 2 N–H and O–H groups in total. The molecule has 0 fully saturated rings. The Bertz CT molecular complexity index is 1380. The molecule has 35 heavy (non-hydrogen) atoms. The Morgan fingerprint density at radius 2 is 1.83 bits per heavy atom. The van der Waals surface area contributed by atoms with Crippen LogP contribution in [-0.4, -0.2) is 32.3 Å². The predicted molar refractivity (Wildman–Crippen MR) is 141 cm³/mol. The van der Waals surface area contributed by atoms with Crippen molar-refractivity contribution in [2.45, 2.75) is 24.7 Å². The summed E-state index contributed by atoms with van der Waals surface area (Å²) < 4.78 is 1.83. The highest BCUT2D eigenvalue weighted by molar-refractivity contribution is 7.99. The lowest BCUT2D eigenvalue weighted by atomic mass is 10.1. The van der Waals surface area contributed by atoms with E-state index < -0.39 is 6.04 Å². The Morgan fingerprint density at radius 1 is 1.09 bits per heavy atom.